The van der Waals surface area contributed by atoms with Gasteiger partial charge >= 0.3 is 0 Å². The molecule has 0 amide bonds. The molecule has 5 heteroatoms. The molecule has 1 aromatic carbocycles. The fourth-order valence-corrected chi connectivity index (χ4v) is 1.66. The molecule has 0 radical (unpaired) electrons. The van der Waals surface area contributed by atoms with Crippen LogP contribution < -0.4 is 5.73 Å². The van der Waals surface area contributed by atoms with Crippen molar-refractivity contribution in [3.8, 4) is 0 Å². The van der Waals surface area contributed by atoms with Gasteiger partial charge in [-0.25, -0.2) is 0 Å². The molecule has 1 rings (SSSR count). The summed E-state index contributed by atoms with van der Waals surface area (Å²) in [5.74, 6) is 0. The minimum Gasteiger partial charge on any atom is -0.329 e. The van der Waals surface area contributed by atoms with Crippen LogP contribution in [0.3, 0.4) is 0 Å². The Bertz CT molecular complexity index is 406. The highest BCUT2D eigenvalue weighted by Gasteiger charge is 2.28. The molecule has 0 spiro atoms. The Morgan fingerprint density at radius 1 is 1.41 bits per heavy atom. The van der Waals surface area contributed by atoms with Crippen molar-refractivity contribution in [1.29, 1.82) is 0 Å². The second-order valence-electron chi connectivity index (χ2n) is 4.66. The SMILES string of the molecule is CN(C)C(C)(CN)Cc1ccccc1[N+](=O)[O-]. The summed E-state index contributed by atoms with van der Waals surface area (Å²) < 4.78 is 0. The molecule has 94 valence electrons. The van der Waals surface area contributed by atoms with Crippen LogP contribution in [-0.4, -0.2) is 36.0 Å². The third-order valence-electron chi connectivity index (χ3n) is 3.28. The third kappa shape index (κ3) is 3.01. The molecule has 0 heterocycles. The number of hydrogen-bond donors (Lipinski definition) is 1. The van der Waals surface area contributed by atoms with Crippen molar-refractivity contribution in [2.45, 2.75) is 18.9 Å². The largest absolute Gasteiger partial charge is 0.329 e. The van der Waals surface area contributed by atoms with Crippen LogP contribution in [0.2, 0.25) is 0 Å². The zero-order valence-electron chi connectivity index (χ0n) is 10.5. The highest BCUT2D eigenvalue weighted by Crippen LogP contribution is 2.24. The molecule has 0 saturated heterocycles. The van der Waals surface area contributed by atoms with Crippen LogP contribution in [-0.2, 0) is 6.42 Å². The molecule has 0 fully saturated rings. The van der Waals surface area contributed by atoms with Crippen molar-refractivity contribution in [1.82, 2.24) is 4.90 Å². The number of hydrogen-bond acceptors (Lipinski definition) is 4. The standard InChI is InChI=1S/C12H19N3O2/c1-12(9-13,14(2)3)8-10-6-4-5-7-11(10)15(16)17/h4-7H,8-9,13H2,1-3H3. The molecule has 0 aliphatic heterocycles. The lowest BCUT2D eigenvalue weighted by Gasteiger charge is -2.35. The average molecular weight is 237 g/mol. The van der Waals surface area contributed by atoms with Gasteiger partial charge in [-0.3, -0.25) is 10.1 Å². The van der Waals surface area contributed by atoms with E-state index in [2.05, 4.69) is 0 Å². The normalized spacial score (nSPS) is 14.6. The van der Waals surface area contributed by atoms with Gasteiger partial charge in [0, 0.05) is 23.7 Å². The van der Waals surface area contributed by atoms with E-state index < -0.39 is 0 Å². The Morgan fingerprint density at radius 2 is 2.00 bits per heavy atom. The van der Waals surface area contributed by atoms with Crippen molar-refractivity contribution < 1.29 is 4.92 Å². The van der Waals surface area contributed by atoms with E-state index in [4.69, 9.17) is 5.73 Å². The van der Waals surface area contributed by atoms with E-state index in [1.807, 2.05) is 32.0 Å². The number of benzene rings is 1. The quantitative estimate of drug-likeness (QED) is 0.621. The first-order valence-electron chi connectivity index (χ1n) is 5.50. The van der Waals surface area contributed by atoms with Crippen LogP contribution in [0.5, 0.6) is 0 Å². The summed E-state index contributed by atoms with van der Waals surface area (Å²) in [5.41, 5.74) is 6.38. The number of nitrogens with two attached hydrogens (primary N) is 1. The highest BCUT2D eigenvalue weighted by atomic mass is 16.6. The third-order valence-corrected chi connectivity index (χ3v) is 3.28. The number of rotatable bonds is 5. The number of para-hydroxylation sites is 1. The zero-order valence-corrected chi connectivity index (χ0v) is 10.5. The van der Waals surface area contributed by atoms with Crippen LogP contribution >= 0.6 is 0 Å². The number of nitrogens with zero attached hydrogens (tertiary/aromatic N) is 2. The van der Waals surface area contributed by atoms with Crippen LogP contribution in [0.1, 0.15) is 12.5 Å². The minimum atomic E-state index is -0.345. The molecule has 5 nitrogen and oxygen atoms in total. The number of nitro groups is 1. The van der Waals surface area contributed by atoms with Gasteiger partial charge < -0.3 is 10.6 Å². The molecule has 0 saturated carbocycles. The summed E-state index contributed by atoms with van der Waals surface area (Å²) in [5, 5.41) is 10.9. The molecule has 0 aliphatic carbocycles. The maximum absolute atomic E-state index is 10.9. The minimum absolute atomic E-state index is 0.161. The van der Waals surface area contributed by atoms with E-state index in [1.54, 1.807) is 12.1 Å². The highest BCUT2D eigenvalue weighted by molar-refractivity contribution is 5.40. The maximum atomic E-state index is 10.9. The van der Waals surface area contributed by atoms with Gasteiger partial charge in [-0.05, 0) is 27.4 Å². The lowest BCUT2D eigenvalue weighted by Crippen LogP contribution is -2.49. The monoisotopic (exact) mass is 237 g/mol. The Hall–Kier alpha value is -1.46. The second-order valence-corrected chi connectivity index (χ2v) is 4.66. The van der Waals surface area contributed by atoms with Crippen molar-refractivity contribution in [3.63, 3.8) is 0 Å². The average Bonchev–Trinajstić information content (AvgIpc) is 2.29. The number of likely N-dealkylation sites (N-methyl/N-ethyl adjacent to an activating group) is 1. The van der Waals surface area contributed by atoms with Gasteiger partial charge in [0.25, 0.3) is 5.69 Å². The molecular weight excluding hydrogens is 218 g/mol. The Morgan fingerprint density at radius 3 is 2.47 bits per heavy atom. The summed E-state index contributed by atoms with van der Waals surface area (Å²) in [4.78, 5) is 12.6. The predicted octanol–water partition coefficient (Wildman–Crippen LogP) is 1.42. The van der Waals surface area contributed by atoms with Gasteiger partial charge in [-0.15, -0.1) is 0 Å². The molecule has 1 unspecified atom stereocenters. The summed E-state index contributed by atoms with van der Waals surface area (Å²) in [6.07, 6.45) is 0.563. The van der Waals surface area contributed by atoms with Crippen LogP contribution in [0.15, 0.2) is 24.3 Å². The van der Waals surface area contributed by atoms with Crippen molar-refractivity contribution in [3.05, 3.63) is 39.9 Å². The van der Waals surface area contributed by atoms with Crippen LogP contribution in [0.4, 0.5) is 5.69 Å². The van der Waals surface area contributed by atoms with Gasteiger partial charge in [0.1, 0.15) is 0 Å². The smallest absolute Gasteiger partial charge is 0.272 e. The fraction of sp³-hybridized carbons (Fsp3) is 0.500. The summed E-state index contributed by atoms with van der Waals surface area (Å²) in [6, 6.07) is 6.81. The first-order chi connectivity index (χ1) is 7.90. The predicted molar refractivity (Wildman–Crippen MR) is 67.9 cm³/mol. The van der Waals surface area contributed by atoms with E-state index in [1.165, 1.54) is 6.07 Å². The summed E-state index contributed by atoms with van der Waals surface area (Å²) in [7, 11) is 3.86. The molecule has 0 bridgehead atoms. The maximum Gasteiger partial charge on any atom is 0.272 e. The van der Waals surface area contributed by atoms with Gasteiger partial charge in [-0.2, -0.15) is 0 Å². The van der Waals surface area contributed by atoms with E-state index in [9.17, 15) is 10.1 Å². The van der Waals surface area contributed by atoms with Gasteiger partial charge in [-0.1, -0.05) is 18.2 Å². The van der Waals surface area contributed by atoms with Gasteiger partial charge in [0.05, 0.1) is 4.92 Å². The molecule has 17 heavy (non-hydrogen) atoms. The van der Waals surface area contributed by atoms with Crippen molar-refractivity contribution in [2.24, 2.45) is 5.73 Å². The molecule has 0 aliphatic rings. The van der Waals surface area contributed by atoms with E-state index in [-0.39, 0.29) is 16.1 Å². The Kier molecular flexibility index (Phi) is 4.20. The van der Waals surface area contributed by atoms with Gasteiger partial charge in [0.2, 0.25) is 0 Å². The topological polar surface area (TPSA) is 72.4 Å². The lowest BCUT2D eigenvalue weighted by molar-refractivity contribution is -0.385. The van der Waals surface area contributed by atoms with E-state index >= 15 is 0 Å². The Labute approximate surface area is 101 Å². The molecule has 1 atom stereocenters. The lowest BCUT2D eigenvalue weighted by atomic mass is 9.91. The van der Waals surface area contributed by atoms with Crippen molar-refractivity contribution in [2.75, 3.05) is 20.6 Å². The first kappa shape index (κ1) is 13.6. The number of nitro benzene ring substituents is 1. The first-order valence-corrected chi connectivity index (χ1v) is 5.50. The van der Waals surface area contributed by atoms with Crippen molar-refractivity contribution >= 4 is 5.69 Å². The molecule has 2 N–H and O–H groups in total. The van der Waals surface area contributed by atoms with E-state index in [0.717, 1.165) is 5.56 Å². The van der Waals surface area contributed by atoms with Crippen LogP contribution in [0.25, 0.3) is 0 Å². The van der Waals surface area contributed by atoms with E-state index in [0.29, 0.717) is 13.0 Å². The summed E-state index contributed by atoms with van der Waals surface area (Å²) in [6.45, 7) is 2.45. The van der Waals surface area contributed by atoms with Crippen LogP contribution in [0, 0.1) is 10.1 Å². The summed E-state index contributed by atoms with van der Waals surface area (Å²) >= 11 is 0. The van der Waals surface area contributed by atoms with Gasteiger partial charge in [0.15, 0.2) is 0 Å². The second kappa shape index (κ2) is 5.25. The molecule has 0 aromatic heterocycles. The zero-order chi connectivity index (χ0) is 13.1. The Balaban J connectivity index is 3.06. The fourth-order valence-electron chi connectivity index (χ4n) is 1.66. The molecule has 1 aromatic rings. The molecular formula is C12H19N3O2.